The maximum Gasteiger partial charge on any atom is 0.165 e. The number of benzene rings is 1. The first-order chi connectivity index (χ1) is 10.5. The van der Waals surface area contributed by atoms with E-state index >= 15 is 0 Å². The number of aromatic amines is 1. The molecule has 1 aromatic carbocycles. The minimum absolute atomic E-state index is 0.0486. The van der Waals surface area contributed by atoms with Crippen molar-refractivity contribution >= 4 is 0 Å². The second-order valence-corrected chi connectivity index (χ2v) is 5.80. The number of H-pyrrole nitrogens is 1. The highest BCUT2D eigenvalue weighted by atomic mass is 19.1. The molecular weight excluding hydrogens is 281 g/mol. The number of nitrogens with zero attached hydrogens (tertiary/aromatic N) is 2. The Hall–Kier alpha value is -1.88. The van der Waals surface area contributed by atoms with E-state index in [0.29, 0.717) is 0 Å². The van der Waals surface area contributed by atoms with Gasteiger partial charge in [0.2, 0.25) is 0 Å². The van der Waals surface area contributed by atoms with Crippen molar-refractivity contribution in [2.75, 3.05) is 13.6 Å². The zero-order chi connectivity index (χ0) is 16.1. The van der Waals surface area contributed by atoms with Gasteiger partial charge in [-0.05, 0) is 51.6 Å². The lowest BCUT2D eigenvalue weighted by molar-refractivity contribution is 0.231. The second kappa shape index (κ2) is 7.40. The Kier molecular flexibility index (Phi) is 5.55. The molecule has 0 saturated carbocycles. The van der Waals surface area contributed by atoms with Crippen molar-refractivity contribution in [2.24, 2.45) is 0 Å². The third kappa shape index (κ3) is 4.07. The molecule has 22 heavy (non-hydrogen) atoms. The number of ether oxygens (including phenoxy) is 1. The molecular formula is C17H24FN3O. The van der Waals surface area contributed by atoms with Gasteiger partial charge < -0.3 is 9.64 Å². The molecule has 120 valence electrons. The van der Waals surface area contributed by atoms with Crippen LogP contribution >= 0.6 is 0 Å². The van der Waals surface area contributed by atoms with Gasteiger partial charge in [-0.25, -0.2) is 4.39 Å². The van der Waals surface area contributed by atoms with Crippen molar-refractivity contribution in [2.45, 2.75) is 39.8 Å². The highest BCUT2D eigenvalue weighted by molar-refractivity contribution is 5.66. The van der Waals surface area contributed by atoms with Crippen molar-refractivity contribution in [3.8, 4) is 16.9 Å². The summed E-state index contributed by atoms with van der Waals surface area (Å²) in [5.74, 6) is -0.0628. The van der Waals surface area contributed by atoms with Gasteiger partial charge in [0.05, 0.1) is 11.8 Å². The van der Waals surface area contributed by atoms with E-state index in [4.69, 9.17) is 4.74 Å². The lowest BCUT2D eigenvalue weighted by atomic mass is 10.1. The van der Waals surface area contributed by atoms with Gasteiger partial charge in [0.1, 0.15) is 0 Å². The van der Waals surface area contributed by atoms with Crippen molar-refractivity contribution in [1.82, 2.24) is 15.1 Å². The average Bonchev–Trinajstić information content (AvgIpc) is 2.89. The highest BCUT2D eigenvalue weighted by Crippen LogP contribution is 2.28. The van der Waals surface area contributed by atoms with Gasteiger partial charge >= 0.3 is 0 Å². The Morgan fingerprint density at radius 3 is 2.77 bits per heavy atom. The summed E-state index contributed by atoms with van der Waals surface area (Å²) in [7, 11) is 2.06. The van der Waals surface area contributed by atoms with E-state index < -0.39 is 0 Å². The molecule has 0 amide bonds. The first kappa shape index (κ1) is 16.5. The van der Waals surface area contributed by atoms with Gasteiger partial charge in [0, 0.05) is 18.3 Å². The van der Waals surface area contributed by atoms with Gasteiger partial charge in [-0.3, -0.25) is 5.10 Å². The van der Waals surface area contributed by atoms with E-state index in [1.165, 1.54) is 6.07 Å². The average molecular weight is 305 g/mol. The summed E-state index contributed by atoms with van der Waals surface area (Å²) in [6, 6.07) is 5.05. The van der Waals surface area contributed by atoms with E-state index in [1.54, 1.807) is 6.07 Å². The molecule has 0 saturated heterocycles. The molecule has 0 aliphatic heterocycles. The lowest BCUT2D eigenvalue weighted by Gasteiger charge is -2.15. The fraction of sp³-hybridized carbons (Fsp3) is 0.471. The van der Waals surface area contributed by atoms with Crippen LogP contribution in [0.3, 0.4) is 0 Å². The number of aromatic nitrogens is 2. The van der Waals surface area contributed by atoms with Crippen LogP contribution in [-0.4, -0.2) is 34.8 Å². The first-order valence-electron chi connectivity index (χ1n) is 7.69. The summed E-state index contributed by atoms with van der Waals surface area (Å²) < 4.78 is 19.6. The highest BCUT2D eigenvalue weighted by Gasteiger charge is 2.13. The Labute approximate surface area is 131 Å². The van der Waals surface area contributed by atoms with Crippen LogP contribution in [0.25, 0.3) is 11.1 Å². The van der Waals surface area contributed by atoms with Crippen LogP contribution in [0.1, 0.15) is 32.9 Å². The summed E-state index contributed by atoms with van der Waals surface area (Å²) in [4.78, 5) is 2.20. The zero-order valence-corrected chi connectivity index (χ0v) is 13.7. The van der Waals surface area contributed by atoms with E-state index in [9.17, 15) is 4.39 Å². The molecule has 0 spiro atoms. The number of rotatable bonds is 7. The van der Waals surface area contributed by atoms with Crippen LogP contribution in [0, 0.1) is 5.82 Å². The van der Waals surface area contributed by atoms with Gasteiger partial charge in [-0.2, -0.15) is 5.10 Å². The Morgan fingerprint density at radius 1 is 1.36 bits per heavy atom. The first-order valence-corrected chi connectivity index (χ1v) is 7.69. The predicted molar refractivity (Wildman–Crippen MR) is 86.4 cm³/mol. The molecule has 2 rings (SSSR count). The van der Waals surface area contributed by atoms with Gasteiger partial charge in [-0.1, -0.05) is 13.0 Å². The smallest absolute Gasteiger partial charge is 0.165 e. The fourth-order valence-corrected chi connectivity index (χ4v) is 2.42. The predicted octanol–water partition coefficient (Wildman–Crippen LogP) is 3.84. The normalized spacial score (nSPS) is 11.4. The molecule has 0 unspecified atom stereocenters. The molecule has 4 nitrogen and oxygen atoms in total. The number of hydrogen-bond acceptors (Lipinski definition) is 3. The fourth-order valence-electron chi connectivity index (χ4n) is 2.42. The van der Waals surface area contributed by atoms with Crippen LogP contribution < -0.4 is 4.74 Å². The largest absolute Gasteiger partial charge is 0.488 e. The molecule has 2 aromatic rings. The number of nitrogens with one attached hydrogen (secondary N) is 1. The number of halogens is 1. The molecule has 0 bridgehead atoms. The van der Waals surface area contributed by atoms with Crippen molar-refractivity contribution in [3.63, 3.8) is 0 Å². The second-order valence-electron chi connectivity index (χ2n) is 5.80. The van der Waals surface area contributed by atoms with Gasteiger partial charge in [0.25, 0.3) is 0 Å². The topological polar surface area (TPSA) is 41.2 Å². The van der Waals surface area contributed by atoms with Crippen molar-refractivity contribution in [1.29, 1.82) is 0 Å². The van der Waals surface area contributed by atoms with E-state index in [0.717, 1.165) is 36.3 Å². The maximum absolute atomic E-state index is 14.2. The van der Waals surface area contributed by atoms with Crippen LogP contribution in [0.15, 0.2) is 24.4 Å². The minimum Gasteiger partial charge on any atom is -0.488 e. The van der Waals surface area contributed by atoms with Crippen molar-refractivity contribution < 1.29 is 9.13 Å². The number of hydrogen-bond donors (Lipinski definition) is 1. The maximum atomic E-state index is 14.2. The molecule has 0 radical (unpaired) electrons. The molecule has 0 aliphatic carbocycles. The van der Waals surface area contributed by atoms with Crippen LogP contribution in [0.4, 0.5) is 4.39 Å². The Balaban J connectivity index is 2.22. The Morgan fingerprint density at radius 2 is 2.14 bits per heavy atom. The molecule has 0 atom stereocenters. The van der Waals surface area contributed by atoms with E-state index in [1.807, 2.05) is 26.1 Å². The third-order valence-electron chi connectivity index (χ3n) is 3.35. The molecule has 1 N–H and O–H groups in total. The Bertz CT molecular complexity index is 610. The van der Waals surface area contributed by atoms with Crippen LogP contribution in [-0.2, 0) is 6.54 Å². The van der Waals surface area contributed by atoms with E-state index in [-0.39, 0.29) is 17.7 Å². The summed E-state index contributed by atoms with van der Waals surface area (Å²) >= 11 is 0. The zero-order valence-electron chi connectivity index (χ0n) is 13.7. The lowest BCUT2D eigenvalue weighted by Crippen LogP contribution is -2.19. The van der Waals surface area contributed by atoms with Gasteiger partial charge in [0.15, 0.2) is 11.6 Å². The summed E-state index contributed by atoms with van der Waals surface area (Å²) in [5, 5.41) is 7.18. The SMILES string of the molecule is CCCN(C)Cc1n[nH]cc1-c1ccc(OC(C)C)c(F)c1. The standard InChI is InChI=1S/C17H24FN3O/c1-5-8-21(4)11-16-14(10-19-20-16)13-6-7-17(15(18)9-13)22-12(2)3/h6-7,9-10,12H,5,8,11H2,1-4H3,(H,19,20). The van der Waals surface area contributed by atoms with E-state index in [2.05, 4.69) is 29.1 Å². The molecule has 5 heteroatoms. The minimum atomic E-state index is -0.347. The van der Waals surface area contributed by atoms with Gasteiger partial charge in [-0.15, -0.1) is 0 Å². The molecule has 1 heterocycles. The van der Waals surface area contributed by atoms with Crippen LogP contribution in [0.2, 0.25) is 0 Å². The quantitative estimate of drug-likeness (QED) is 0.845. The third-order valence-corrected chi connectivity index (χ3v) is 3.35. The summed E-state index contributed by atoms with van der Waals surface area (Å²) in [5.41, 5.74) is 2.66. The molecule has 0 aliphatic rings. The van der Waals surface area contributed by atoms with Crippen LogP contribution in [0.5, 0.6) is 5.75 Å². The summed E-state index contributed by atoms with van der Waals surface area (Å²) in [6.07, 6.45) is 2.85. The molecule has 1 aromatic heterocycles. The van der Waals surface area contributed by atoms with Crippen molar-refractivity contribution in [3.05, 3.63) is 35.9 Å². The molecule has 0 fully saturated rings. The monoisotopic (exact) mass is 305 g/mol. The summed E-state index contributed by atoms with van der Waals surface area (Å²) in [6.45, 7) is 7.64.